The molecule has 16 heavy (non-hydrogen) atoms. The SMILES string of the molecule is Cc1cc(C)nc(NCc2csc(C)n2)c1. The Bertz CT molecular complexity index is 471. The van der Waals surface area contributed by atoms with Gasteiger partial charge in [-0.25, -0.2) is 9.97 Å². The molecule has 0 aromatic carbocycles. The average Bonchev–Trinajstić information content (AvgIpc) is 2.60. The Morgan fingerprint density at radius 3 is 2.62 bits per heavy atom. The van der Waals surface area contributed by atoms with E-state index in [1.54, 1.807) is 11.3 Å². The summed E-state index contributed by atoms with van der Waals surface area (Å²) in [5.41, 5.74) is 3.34. The summed E-state index contributed by atoms with van der Waals surface area (Å²) in [6.07, 6.45) is 0. The molecule has 4 heteroatoms. The fraction of sp³-hybridized carbons (Fsp3) is 0.333. The van der Waals surface area contributed by atoms with Crippen molar-refractivity contribution in [2.75, 3.05) is 5.32 Å². The molecule has 3 nitrogen and oxygen atoms in total. The van der Waals surface area contributed by atoms with Crippen LogP contribution in [0.3, 0.4) is 0 Å². The van der Waals surface area contributed by atoms with Crippen LogP contribution in [-0.4, -0.2) is 9.97 Å². The van der Waals surface area contributed by atoms with Gasteiger partial charge in [-0.05, 0) is 38.5 Å². The second kappa shape index (κ2) is 4.61. The molecule has 0 saturated heterocycles. The molecular formula is C12H15N3S. The first kappa shape index (κ1) is 11.1. The summed E-state index contributed by atoms with van der Waals surface area (Å²) < 4.78 is 0. The number of nitrogens with one attached hydrogen (secondary N) is 1. The molecule has 0 amide bonds. The van der Waals surface area contributed by atoms with Gasteiger partial charge in [0.1, 0.15) is 5.82 Å². The largest absolute Gasteiger partial charge is 0.364 e. The van der Waals surface area contributed by atoms with Crippen molar-refractivity contribution in [2.24, 2.45) is 0 Å². The monoisotopic (exact) mass is 233 g/mol. The first-order valence-corrected chi connectivity index (χ1v) is 6.11. The average molecular weight is 233 g/mol. The van der Waals surface area contributed by atoms with Gasteiger partial charge in [0, 0.05) is 11.1 Å². The van der Waals surface area contributed by atoms with Crippen LogP contribution in [0.4, 0.5) is 5.82 Å². The highest BCUT2D eigenvalue weighted by Crippen LogP contribution is 2.12. The van der Waals surface area contributed by atoms with Gasteiger partial charge >= 0.3 is 0 Å². The van der Waals surface area contributed by atoms with Crippen LogP contribution < -0.4 is 5.32 Å². The maximum atomic E-state index is 4.42. The van der Waals surface area contributed by atoms with Crippen molar-refractivity contribution in [3.8, 4) is 0 Å². The summed E-state index contributed by atoms with van der Waals surface area (Å²) in [4.78, 5) is 8.82. The lowest BCUT2D eigenvalue weighted by Crippen LogP contribution is -2.02. The van der Waals surface area contributed by atoms with Crippen molar-refractivity contribution < 1.29 is 0 Å². The van der Waals surface area contributed by atoms with Crippen LogP contribution in [-0.2, 0) is 6.54 Å². The highest BCUT2D eigenvalue weighted by Gasteiger charge is 2.00. The summed E-state index contributed by atoms with van der Waals surface area (Å²) in [6.45, 7) is 6.83. The molecule has 0 unspecified atom stereocenters. The standard InChI is InChI=1S/C12H15N3S/c1-8-4-9(2)14-12(5-8)13-6-11-7-16-10(3)15-11/h4-5,7H,6H2,1-3H3,(H,13,14). The highest BCUT2D eigenvalue weighted by molar-refractivity contribution is 7.09. The summed E-state index contributed by atoms with van der Waals surface area (Å²) in [6, 6.07) is 4.12. The molecule has 0 saturated carbocycles. The topological polar surface area (TPSA) is 37.8 Å². The van der Waals surface area contributed by atoms with Crippen LogP contribution in [0.2, 0.25) is 0 Å². The molecule has 2 heterocycles. The Morgan fingerprint density at radius 2 is 2.00 bits per heavy atom. The molecule has 0 aliphatic heterocycles. The molecule has 0 aliphatic rings. The van der Waals surface area contributed by atoms with Gasteiger partial charge in [-0.3, -0.25) is 0 Å². The zero-order valence-electron chi connectivity index (χ0n) is 9.74. The lowest BCUT2D eigenvalue weighted by molar-refractivity contribution is 1.03. The maximum absolute atomic E-state index is 4.42. The summed E-state index contributed by atoms with van der Waals surface area (Å²) in [5.74, 6) is 0.920. The van der Waals surface area contributed by atoms with Gasteiger partial charge < -0.3 is 5.32 Å². The van der Waals surface area contributed by atoms with Gasteiger partial charge in [-0.1, -0.05) is 0 Å². The first-order chi connectivity index (χ1) is 7.63. The summed E-state index contributed by atoms with van der Waals surface area (Å²) >= 11 is 1.67. The second-order valence-electron chi connectivity index (χ2n) is 3.88. The van der Waals surface area contributed by atoms with Gasteiger partial charge in [0.15, 0.2) is 0 Å². The highest BCUT2D eigenvalue weighted by atomic mass is 32.1. The molecular weight excluding hydrogens is 218 g/mol. The van der Waals surface area contributed by atoms with Gasteiger partial charge in [-0.2, -0.15) is 0 Å². The molecule has 0 spiro atoms. The Labute approximate surface area is 99.6 Å². The van der Waals surface area contributed by atoms with E-state index in [1.165, 1.54) is 5.56 Å². The lowest BCUT2D eigenvalue weighted by Gasteiger charge is -2.05. The number of anilines is 1. The fourth-order valence-electron chi connectivity index (χ4n) is 1.60. The van der Waals surface area contributed by atoms with Crippen LogP contribution in [0.25, 0.3) is 0 Å². The van der Waals surface area contributed by atoms with Gasteiger partial charge in [0.2, 0.25) is 0 Å². The minimum Gasteiger partial charge on any atom is -0.364 e. The number of hydrogen-bond donors (Lipinski definition) is 1. The predicted octanol–water partition coefficient (Wildman–Crippen LogP) is 3.08. The number of rotatable bonds is 3. The summed E-state index contributed by atoms with van der Waals surface area (Å²) in [7, 11) is 0. The molecule has 0 radical (unpaired) electrons. The number of hydrogen-bond acceptors (Lipinski definition) is 4. The molecule has 1 N–H and O–H groups in total. The molecule has 0 aliphatic carbocycles. The van der Waals surface area contributed by atoms with E-state index in [0.29, 0.717) is 0 Å². The van der Waals surface area contributed by atoms with Crippen LogP contribution in [0.15, 0.2) is 17.5 Å². The van der Waals surface area contributed by atoms with E-state index >= 15 is 0 Å². The maximum Gasteiger partial charge on any atom is 0.126 e. The third-order valence-electron chi connectivity index (χ3n) is 2.21. The predicted molar refractivity (Wildman–Crippen MR) is 67.9 cm³/mol. The smallest absolute Gasteiger partial charge is 0.126 e. The van der Waals surface area contributed by atoms with Crippen molar-refractivity contribution >= 4 is 17.2 Å². The van der Waals surface area contributed by atoms with Gasteiger partial charge in [-0.15, -0.1) is 11.3 Å². The molecule has 84 valence electrons. The van der Waals surface area contributed by atoms with Crippen LogP contribution in [0, 0.1) is 20.8 Å². The van der Waals surface area contributed by atoms with E-state index < -0.39 is 0 Å². The van der Waals surface area contributed by atoms with Crippen LogP contribution in [0.5, 0.6) is 0 Å². The van der Waals surface area contributed by atoms with E-state index in [4.69, 9.17) is 0 Å². The van der Waals surface area contributed by atoms with Crippen molar-refractivity contribution in [3.05, 3.63) is 39.5 Å². The second-order valence-corrected chi connectivity index (χ2v) is 4.94. The van der Waals surface area contributed by atoms with E-state index in [-0.39, 0.29) is 0 Å². The number of aryl methyl sites for hydroxylation is 3. The normalized spacial score (nSPS) is 10.4. The quantitative estimate of drug-likeness (QED) is 0.885. The molecule has 2 aromatic heterocycles. The van der Waals surface area contributed by atoms with Crippen molar-refractivity contribution in [2.45, 2.75) is 27.3 Å². The fourth-order valence-corrected chi connectivity index (χ4v) is 2.22. The molecule has 2 aromatic rings. The molecule has 2 rings (SSSR count). The lowest BCUT2D eigenvalue weighted by atomic mass is 10.2. The minimum absolute atomic E-state index is 0.736. The minimum atomic E-state index is 0.736. The van der Waals surface area contributed by atoms with Gasteiger partial charge in [0.25, 0.3) is 0 Å². The summed E-state index contributed by atoms with van der Waals surface area (Å²) in [5, 5.41) is 6.47. The van der Waals surface area contributed by atoms with E-state index in [9.17, 15) is 0 Å². The van der Waals surface area contributed by atoms with Crippen LogP contribution in [0.1, 0.15) is 22.0 Å². The van der Waals surface area contributed by atoms with E-state index in [2.05, 4.69) is 33.7 Å². The van der Waals surface area contributed by atoms with Crippen LogP contribution >= 0.6 is 11.3 Å². The zero-order chi connectivity index (χ0) is 11.5. The van der Waals surface area contributed by atoms with Gasteiger partial charge in [0.05, 0.1) is 17.2 Å². The van der Waals surface area contributed by atoms with Crippen molar-refractivity contribution in [3.63, 3.8) is 0 Å². The third kappa shape index (κ3) is 2.79. The Hall–Kier alpha value is -1.42. The van der Waals surface area contributed by atoms with Crippen molar-refractivity contribution in [1.82, 2.24) is 9.97 Å². The Morgan fingerprint density at radius 1 is 1.19 bits per heavy atom. The zero-order valence-corrected chi connectivity index (χ0v) is 10.6. The Kier molecular flexibility index (Phi) is 3.19. The van der Waals surface area contributed by atoms with Crippen molar-refractivity contribution in [1.29, 1.82) is 0 Å². The third-order valence-corrected chi connectivity index (χ3v) is 3.04. The van der Waals surface area contributed by atoms with E-state index in [1.807, 2.05) is 19.9 Å². The number of aromatic nitrogens is 2. The number of pyridine rings is 1. The Balaban J connectivity index is 2.04. The number of nitrogens with zero attached hydrogens (tertiary/aromatic N) is 2. The first-order valence-electron chi connectivity index (χ1n) is 5.23. The molecule has 0 atom stereocenters. The molecule has 0 fully saturated rings. The molecule has 0 bridgehead atoms. The number of thiazole rings is 1. The van der Waals surface area contributed by atoms with E-state index in [0.717, 1.165) is 28.8 Å².